The molecule has 2 aromatic heterocycles. The molecule has 1 fully saturated rings. The molecule has 6 nitrogen and oxygen atoms in total. The molecule has 1 saturated heterocycles. The van der Waals surface area contributed by atoms with E-state index in [0.717, 1.165) is 30.3 Å². The molecule has 0 atom stereocenters. The van der Waals surface area contributed by atoms with Crippen LogP contribution in [0, 0.1) is 5.92 Å². The van der Waals surface area contributed by atoms with Crippen molar-refractivity contribution in [2.45, 2.75) is 19.8 Å². The average Bonchev–Trinajstić information content (AvgIpc) is 3.24. The first kappa shape index (κ1) is 14.9. The number of hydrogen-bond donors (Lipinski definition) is 0. The second-order valence-electron chi connectivity index (χ2n) is 6.48. The lowest BCUT2D eigenvalue weighted by molar-refractivity contribution is 0.428. The van der Waals surface area contributed by atoms with Crippen LogP contribution in [0.1, 0.15) is 19.8 Å². The van der Waals surface area contributed by atoms with Gasteiger partial charge in [-0.05, 0) is 49.1 Å². The molecule has 24 heavy (non-hydrogen) atoms. The van der Waals surface area contributed by atoms with Gasteiger partial charge in [0.25, 0.3) is 5.89 Å². The highest BCUT2D eigenvalue weighted by atomic mass is 16.5. The Balaban J connectivity index is 1.53. The highest BCUT2D eigenvalue weighted by Crippen LogP contribution is 2.26. The molecule has 0 unspecified atom stereocenters. The number of piperidine rings is 1. The lowest BCUT2D eigenvalue weighted by Crippen LogP contribution is -2.32. The third-order valence-corrected chi connectivity index (χ3v) is 4.74. The van der Waals surface area contributed by atoms with Gasteiger partial charge in [-0.2, -0.15) is 10.1 Å². The molecule has 3 heterocycles. The summed E-state index contributed by atoms with van der Waals surface area (Å²) < 4.78 is 7.09. The Bertz CT molecular complexity index is 812. The van der Waals surface area contributed by atoms with Gasteiger partial charge in [0.2, 0.25) is 5.82 Å². The minimum atomic E-state index is 0.485. The Morgan fingerprint density at radius 3 is 2.50 bits per heavy atom. The van der Waals surface area contributed by atoms with Crippen LogP contribution in [0.4, 0.5) is 5.69 Å². The molecule has 0 radical (unpaired) electrons. The van der Waals surface area contributed by atoms with Crippen molar-refractivity contribution in [1.29, 1.82) is 0 Å². The summed E-state index contributed by atoms with van der Waals surface area (Å²) in [4.78, 5) is 6.93. The van der Waals surface area contributed by atoms with Gasteiger partial charge in [-0.3, -0.25) is 4.68 Å². The number of aromatic nitrogens is 4. The van der Waals surface area contributed by atoms with Gasteiger partial charge in [0.05, 0.1) is 0 Å². The zero-order valence-electron chi connectivity index (χ0n) is 14.0. The molecule has 124 valence electrons. The first-order chi connectivity index (χ1) is 11.7. The molecule has 0 saturated carbocycles. The van der Waals surface area contributed by atoms with E-state index >= 15 is 0 Å². The van der Waals surface area contributed by atoms with Crippen LogP contribution in [0.3, 0.4) is 0 Å². The summed E-state index contributed by atoms with van der Waals surface area (Å²) >= 11 is 0. The van der Waals surface area contributed by atoms with Crippen LogP contribution >= 0.6 is 0 Å². The van der Waals surface area contributed by atoms with Gasteiger partial charge in [-0.1, -0.05) is 12.1 Å². The van der Waals surface area contributed by atoms with Crippen molar-refractivity contribution in [2.24, 2.45) is 13.0 Å². The normalized spacial score (nSPS) is 15.8. The van der Waals surface area contributed by atoms with E-state index in [9.17, 15) is 0 Å². The van der Waals surface area contributed by atoms with E-state index in [2.05, 4.69) is 51.3 Å². The third kappa shape index (κ3) is 2.79. The molecule has 1 aromatic carbocycles. The lowest BCUT2D eigenvalue weighted by atomic mass is 9.98. The Morgan fingerprint density at radius 1 is 1.08 bits per heavy atom. The van der Waals surface area contributed by atoms with Gasteiger partial charge in [0.1, 0.15) is 5.69 Å². The number of anilines is 1. The summed E-state index contributed by atoms with van der Waals surface area (Å²) in [6.07, 6.45) is 4.24. The van der Waals surface area contributed by atoms with Crippen molar-refractivity contribution in [2.75, 3.05) is 18.0 Å². The number of rotatable bonds is 3. The van der Waals surface area contributed by atoms with Crippen LogP contribution in [-0.2, 0) is 7.05 Å². The summed E-state index contributed by atoms with van der Waals surface area (Å²) in [5.74, 6) is 1.93. The maximum atomic E-state index is 5.37. The van der Waals surface area contributed by atoms with Gasteiger partial charge in [-0.15, -0.1) is 0 Å². The van der Waals surface area contributed by atoms with Crippen LogP contribution in [-0.4, -0.2) is 33.0 Å². The van der Waals surface area contributed by atoms with Gasteiger partial charge in [0.15, 0.2) is 0 Å². The summed E-state index contributed by atoms with van der Waals surface area (Å²) in [5, 5.41) is 8.22. The Labute approximate surface area is 141 Å². The molecule has 0 aliphatic carbocycles. The first-order valence-corrected chi connectivity index (χ1v) is 8.38. The highest BCUT2D eigenvalue weighted by Gasteiger charge is 2.17. The smallest absolute Gasteiger partial charge is 0.276 e. The Kier molecular flexibility index (Phi) is 3.80. The van der Waals surface area contributed by atoms with Crippen molar-refractivity contribution >= 4 is 5.69 Å². The molecule has 1 aliphatic heterocycles. The molecule has 0 amide bonds. The van der Waals surface area contributed by atoms with E-state index in [-0.39, 0.29) is 0 Å². The minimum absolute atomic E-state index is 0.485. The lowest BCUT2D eigenvalue weighted by Gasteiger charge is -2.32. The number of hydrogen-bond acceptors (Lipinski definition) is 5. The summed E-state index contributed by atoms with van der Waals surface area (Å²) in [6, 6.07) is 10.3. The first-order valence-electron chi connectivity index (χ1n) is 8.38. The van der Waals surface area contributed by atoms with E-state index in [1.165, 1.54) is 18.5 Å². The molecule has 6 heteroatoms. The zero-order chi connectivity index (χ0) is 16.5. The Hall–Kier alpha value is -2.63. The number of benzene rings is 1. The SMILES string of the molecule is CC1CCN(c2ccc(-c3noc(-c4ccnn4C)n3)cc2)CC1. The molecule has 0 spiro atoms. The van der Waals surface area contributed by atoms with Crippen molar-refractivity contribution in [3.05, 3.63) is 36.5 Å². The largest absolute Gasteiger partial charge is 0.372 e. The molecule has 3 aromatic rings. The monoisotopic (exact) mass is 323 g/mol. The summed E-state index contributed by atoms with van der Waals surface area (Å²) in [6.45, 7) is 4.59. The Morgan fingerprint density at radius 2 is 1.83 bits per heavy atom. The fourth-order valence-electron chi connectivity index (χ4n) is 3.12. The van der Waals surface area contributed by atoms with E-state index in [4.69, 9.17) is 4.52 Å². The molecule has 0 bridgehead atoms. The zero-order valence-corrected chi connectivity index (χ0v) is 14.0. The summed E-state index contributed by atoms with van der Waals surface area (Å²) in [5.41, 5.74) is 3.04. The van der Waals surface area contributed by atoms with Gasteiger partial charge < -0.3 is 9.42 Å². The van der Waals surface area contributed by atoms with Crippen molar-refractivity contribution in [1.82, 2.24) is 19.9 Å². The quantitative estimate of drug-likeness (QED) is 0.739. The fourth-order valence-corrected chi connectivity index (χ4v) is 3.12. The van der Waals surface area contributed by atoms with Crippen LogP contribution in [0.5, 0.6) is 0 Å². The maximum absolute atomic E-state index is 5.37. The molecular weight excluding hydrogens is 302 g/mol. The van der Waals surface area contributed by atoms with Crippen molar-refractivity contribution < 1.29 is 4.52 Å². The second-order valence-corrected chi connectivity index (χ2v) is 6.48. The van der Waals surface area contributed by atoms with Gasteiger partial charge in [0, 0.05) is 37.6 Å². The van der Waals surface area contributed by atoms with Crippen LogP contribution < -0.4 is 4.90 Å². The van der Waals surface area contributed by atoms with Gasteiger partial charge >= 0.3 is 0 Å². The number of nitrogens with zero attached hydrogens (tertiary/aromatic N) is 5. The van der Waals surface area contributed by atoms with E-state index < -0.39 is 0 Å². The minimum Gasteiger partial charge on any atom is -0.372 e. The van der Waals surface area contributed by atoms with Crippen LogP contribution in [0.2, 0.25) is 0 Å². The van der Waals surface area contributed by atoms with Crippen LogP contribution in [0.25, 0.3) is 23.0 Å². The number of aryl methyl sites for hydroxylation is 1. The molecule has 0 N–H and O–H groups in total. The van der Waals surface area contributed by atoms with Crippen molar-refractivity contribution in [3.63, 3.8) is 0 Å². The molecular formula is C18H21N5O. The van der Waals surface area contributed by atoms with Crippen LogP contribution in [0.15, 0.2) is 41.1 Å². The third-order valence-electron chi connectivity index (χ3n) is 4.74. The van der Waals surface area contributed by atoms with Gasteiger partial charge in [-0.25, -0.2) is 0 Å². The standard InChI is InChI=1S/C18H21N5O/c1-13-8-11-23(12-9-13)15-5-3-14(4-6-15)17-20-18(24-21-17)16-7-10-19-22(16)2/h3-7,10,13H,8-9,11-12H2,1-2H3. The average molecular weight is 323 g/mol. The predicted octanol–water partition coefficient (Wildman–Crippen LogP) is 3.37. The molecule has 1 aliphatic rings. The molecule has 4 rings (SSSR count). The maximum Gasteiger partial charge on any atom is 0.276 e. The highest BCUT2D eigenvalue weighted by molar-refractivity contribution is 5.62. The van der Waals surface area contributed by atoms with E-state index in [0.29, 0.717) is 11.7 Å². The van der Waals surface area contributed by atoms with Crippen molar-refractivity contribution in [3.8, 4) is 23.0 Å². The fraction of sp³-hybridized carbons (Fsp3) is 0.389. The predicted molar refractivity (Wildman–Crippen MR) is 92.5 cm³/mol. The van der Waals surface area contributed by atoms with E-state index in [1.807, 2.05) is 13.1 Å². The van der Waals surface area contributed by atoms with E-state index in [1.54, 1.807) is 10.9 Å². The second kappa shape index (κ2) is 6.11. The topological polar surface area (TPSA) is 60.0 Å². The summed E-state index contributed by atoms with van der Waals surface area (Å²) in [7, 11) is 1.85.